The zero-order valence-electron chi connectivity index (χ0n) is 13.5. The van der Waals surface area contributed by atoms with Gasteiger partial charge in [-0.1, -0.05) is 0 Å². The Hall–Kier alpha value is -0.973. The topological polar surface area (TPSA) is 44.8 Å². The second-order valence-corrected chi connectivity index (χ2v) is 10.7. The van der Waals surface area contributed by atoms with Gasteiger partial charge in [-0.25, -0.2) is 0 Å². The summed E-state index contributed by atoms with van der Waals surface area (Å²) in [6.07, 6.45) is 0.555. The molecule has 4 nitrogen and oxygen atoms in total. The van der Waals surface area contributed by atoms with Gasteiger partial charge >= 0.3 is 5.97 Å². The van der Waals surface area contributed by atoms with Crippen LogP contribution in [0.15, 0.2) is 11.5 Å². The van der Waals surface area contributed by atoms with Crippen molar-refractivity contribution < 1.29 is 18.7 Å². The molecule has 0 aromatic rings. The van der Waals surface area contributed by atoms with Crippen LogP contribution in [0.4, 0.5) is 0 Å². The highest BCUT2D eigenvalue weighted by atomic mass is 28.4. The number of carbonyl (C=O) groups is 1. The zero-order valence-corrected chi connectivity index (χ0v) is 14.5. The number of methoxy groups -OCH3 is 1. The highest BCUT2D eigenvalue weighted by Crippen LogP contribution is 2.29. The van der Waals surface area contributed by atoms with Gasteiger partial charge in [0.15, 0.2) is 0 Å². The van der Waals surface area contributed by atoms with Crippen LogP contribution in [0, 0.1) is 5.41 Å². The van der Waals surface area contributed by atoms with E-state index in [1.54, 1.807) is 0 Å². The van der Waals surface area contributed by atoms with Crippen molar-refractivity contribution in [1.29, 1.82) is 0 Å². The van der Waals surface area contributed by atoms with Gasteiger partial charge in [0.2, 0.25) is 8.32 Å². The first-order valence-electron chi connectivity index (χ1n) is 6.63. The minimum atomic E-state index is -1.73. The van der Waals surface area contributed by atoms with Crippen LogP contribution < -0.4 is 0 Å². The number of hydrogen-bond donors (Lipinski definition) is 0. The van der Waals surface area contributed by atoms with Crippen LogP contribution in [0.25, 0.3) is 0 Å². The van der Waals surface area contributed by atoms with Crippen LogP contribution in [0.3, 0.4) is 0 Å². The molecule has 0 aliphatic rings. The summed E-state index contributed by atoms with van der Waals surface area (Å²) in [6, 6.07) is 0. The molecule has 112 valence electrons. The maximum absolute atomic E-state index is 11.7. The predicted molar refractivity (Wildman–Crippen MR) is 79.2 cm³/mol. The van der Waals surface area contributed by atoms with E-state index in [0.29, 0.717) is 19.0 Å². The molecule has 0 atom stereocenters. The number of hydrogen-bond acceptors (Lipinski definition) is 4. The summed E-state index contributed by atoms with van der Waals surface area (Å²) >= 11 is 0. The fourth-order valence-electron chi connectivity index (χ4n) is 1.73. The quantitative estimate of drug-likeness (QED) is 0.407. The number of carbonyl (C=O) groups excluding carboxylic acids is 1. The lowest BCUT2D eigenvalue weighted by Crippen LogP contribution is -2.29. The molecular formula is C14H28O4Si. The third-order valence-corrected chi connectivity index (χ3v) is 3.27. The molecule has 0 heterocycles. The van der Waals surface area contributed by atoms with Crippen LogP contribution >= 0.6 is 0 Å². The Morgan fingerprint density at radius 1 is 1.21 bits per heavy atom. The molecule has 0 radical (unpaired) electrons. The fourth-order valence-corrected chi connectivity index (χ4v) is 2.52. The molecule has 0 bridgehead atoms. The Labute approximate surface area is 118 Å². The Bertz CT molecular complexity index is 340. The second kappa shape index (κ2) is 6.98. The van der Waals surface area contributed by atoms with Crippen molar-refractivity contribution in [3.8, 4) is 0 Å². The van der Waals surface area contributed by atoms with Gasteiger partial charge in [-0.15, -0.1) is 0 Å². The van der Waals surface area contributed by atoms with E-state index in [2.05, 4.69) is 19.6 Å². The highest BCUT2D eigenvalue weighted by Gasteiger charge is 2.31. The van der Waals surface area contributed by atoms with E-state index >= 15 is 0 Å². The average molecular weight is 288 g/mol. The maximum atomic E-state index is 11.7. The lowest BCUT2D eigenvalue weighted by Gasteiger charge is -2.26. The fraction of sp³-hybridized carbons (Fsp3) is 0.786. The van der Waals surface area contributed by atoms with Crippen molar-refractivity contribution in [2.45, 2.75) is 53.8 Å². The third-order valence-electron chi connectivity index (χ3n) is 2.47. The molecule has 0 fully saturated rings. The van der Waals surface area contributed by atoms with Gasteiger partial charge in [-0.05, 0) is 53.8 Å². The summed E-state index contributed by atoms with van der Waals surface area (Å²) in [6.45, 7) is 14.4. The molecule has 0 rings (SSSR count). The average Bonchev–Trinajstić information content (AvgIpc) is 2.24. The van der Waals surface area contributed by atoms with E-state index in [0.717, 1.165) is 5.57 Å². The van der Waals surface area contributed by atoms with Crippen LogP contribution in [-0.4, -0.2) is 28.0 Å². The molecule has 19 heavy (non-hydrogen) atoms. The van der Waals surface area contributed by atoms with Crippen molar-refractivity contribution >= 4 is 14.3 Å². The lowest BCUT2D eigenvalue weighted by atomic mass is 9.86. The van der Waals surface area contributed by atoms with Crippen molar-refractivity contribution in [1.82, 2.24) is 0 Å². The van der Waals surface area contributed by atoms with Gasteiger partial charge in [-0.2, -0.15) is 0 Å². The van der Waals surface area contributed by atoms with E-state index < -0.39 is 13.7 Å². The summed E-state index contributed by atoms with van der Waals surface area (Å²) in [5, 5.41) is 0. The van der Waals surface area contributed by atoms with Crippen molar-refractivity contribution in [2.75, 3.05) is 13.7 Å². The Morgan fingerprint density at radius 3 is 2.11 bits per heavy atom. The van der Waals surface area contributed by atoms with Crippen LogP contribution in [0.2, 0.25) is 19.6 Å². The Kier molecular flexibility index (Phi) is 6.63. The van der Waals surface area contributed by atoms with Crippen molar-refractivity contribution in [2.24, 2.45) is 5.41 Å². The molecule has 0 saturated heterocycles. The molecule has 5 heteroatoms. The van der Waals surface area contributed by atoms with Gasteiger partial charge in [-0.3, -0.25) is 4.79 Å². The monoisotopic (exact) mass is 288 g/mol. The van der Waals surface area contributed by atoms with E-state index in [9.17, 15) is 4.79 Å². The highest BCUT2D eigenvalue weighted by molar-refractivity contribution is 6.70. The number of ether oxygens (including phenoxy) is 2. The van der Waals surface area contributed by atoms with E-state index in [4.69, 9.17) is 13.9 Å². The minimum Gasteiger partial charge on any atom is -0.520 e. The SMILES string of the molecule is CCO/C(O[Si](C)(C)C)=C(\C)CC(C)(C)C(=O)OC. The molecule has 0 saturated carbocycles. The maximum Gasteiger partial charge on any atom is 0.311 e. The zero-order chi connectivity index (χ0) is 15.3. The smallest absolute Gasteiger partial charge is 0.311 e. The minimum absolute atomic E-state index is 0.226. The second-order valence-electron chi connectivity index (χ2n) is 6.27. The lowest BCUT2D eigenvalue weighted by molar-refractivity contribution is -0.150. The third kappa shape index (κ3) is 6.66. The van der Waals surface area contributed by atoms with Gasteiger partial charge in [0.25, 0.3) is 5.95 Å². The van der Waals surface area contributed by atoms with Gasteiger partial charge < -0.3 is 13.9 Å². The molecule has 0 amide bonds. The first kappa shape index (κ1) is 18.0. The summed E-state index contributed by atoms with van der Waals surface area (Å²) in [5.74, 6) is 0.342. The van der Waals surface area contributed by atoms with Crippen LogP contribution in [-0.2, 0) is 18.7 Å². The normalized spacial score (nSPS) is 13.7. The first-order chi connectivity index (χ1) is 8.53. The summed E-state index contributed by atoms with van der Waals surface area (Å²) in [5.41, 5.74) is 0.365. The summed E-state index contributed by atoms with van der Waals surface area (Å²) in [7, 11) is -0.322. The van der Waals surface area contributed by atoms with Crippen molar-refractivity contribution in [3.63, 3.8) is 0 Å². The Balaban J connectivity index is 5.09. The summed E-state index contributed by atoms with van der Waals surface area (Å²) < 4.78 is 16.3. The Morgan fingerprint density at radius 2 is 1.74 bits per heavy atom. The van der Waals surface area contributed by atoms with E-state index in [1.165, 1.54) is 7.11 Å². The number of rotatable bonds is 7. The van der Waals surface area contributed by atoms with E-state index in [1.807, 2.05) is 27.7 Å². The van der Waals surface area contributed by atoms with Gasteiger partial charge in [0.1, 0.15) is 0 Å². The standard InChI is InChI=1S/C14H28O4Si/c1-9-17-12(18-19(6,7)8)11(2)10-14(3,4)13(15)16-5/h9-10H2,1-8H3/b12-11-. The molecule has 0 aromatic carbocycles. The molecule has 0 aliphatic heterocycles. The number of allylic oxidation sites excluding steroid dienone is 1. The first-order valence-corrected chi connectivity index (χ1v) is 10.0. The molecular weight excluding hydrogens is 260 g/mol. The number of esters is 1. The molecule has 0 aliphatic carbocycles. The largest absolute Gasteiger partial charge is 0.520 e. The predicted octanol–water partition coefficient (Wildman–Crippen LogP) is 3.70. The molecule has 0 N–H and O–H groups in total. The van der Waals surface area contributed by atoms with Gasteiger partial charge in [0.05, 0.1) is 19.1 Å². The molecule has 0 aromatic heterocycles. The van der Waals surface area contributed by atoms with E-state index in [-0.39, 0.29) is 5.97 Å². The summed E-state index contributed by atoms with van der Waals surface area (Å²) in [4.78, 5) is 11.7. The van der Waals surface area contributed by atoms with Gasteiger partial charge in [0, 0.05) is 5.57 Å². The van der Waals surface area contributed by atoms with Crippen LogP contribution in [0.5, 0.6) is 0 Å². The molecule has 0 unspecified atom stereocenters. The molecule has 0 spiro atoms. The van der Waals surface area contributed by atoms with Crippen molar-refractivity contribution in [3.05, 3.63) is 11.5 Å². The van der Waals surface area contributed by atoms with Crippen LogP contribution in [0.1, 0.15) is 34.1 Å².